The molecule has 2 amide bonds. The monoisotopic (exact) mass is 469 g/mol. The van der Waals surface area contributed by atoms with Crippen LogP contribution in [-0.2, 0) is 11.3 Å². The molecule has 2 saturated heterocycles. The third kappa shape index (κ3) is 5.70. The minimum atomic E-state index is -0.888. The van der Waals surface area contributed by atoms with Crippen LogP contribution in [0.3, 0.4) is 0 Å². The van der Waals surface area contributed by atoms with Gasteiger partial charge in [0.15, 0.2) is 0 Å². The molecule has 2 aromatic rings. The largest absolute Gasteiger partial charge is 0.465 e. The highest BCUT2D eigenvalue weighted by molar-refractivity contribution is 5.81. The molecule has 0 unspecified atom stereocenters. The van der Waals surface area contributed by atoms with Crippen molar-refractivity contribution in [3.05, 3.63) is 52.1 Å². The number of carbonyl (C=O) groups excluding carboxylic acids is 1. The Labute approximate surface area is 196 Å². The van der Waals surface area contributed by atoms with Gasteiger partial charge in [-0.2, -0.15) is 0 Å². The van der Waals surface area contributed by atoms with Crippen LogP contribution in [0.15, 0.2) is 36.4 Å². The van der Waals surface area contributed by atoms with E-state index in [2.05, 4.69) is 20.5 Å². The van der Waals surface area contributed by atoms with Gasteiger partial charge in [-0.05, 0) is 30.2 Å². The van der Waals surface area contributed by atoms with Gasteiger partial charge < -0.3 is 25.5 Å². The summed E-state index contributed by atoms with van der Waals surface area (Å²) < 4.78 is 0. The summed E-state index contributed by atoms with van der Waals surface area (Å²) in [6, 6.07) is 10.5. The third-order valence-electron chi connectivity index (χ3n) is 5.91. The number of hydrogen-bond acceptors (Lipinski definition) is 8. The molecule has 0 radical (unpaired) electrons. The van der Waals surface area contributed by atoms with Gasteiger partial charge in [0, 0.05) is 57.6 Å². The summed E-state index contributed by atoms with van der Waals surface area (Å²) in [5, 5.41) is 26.5. The molecule has 1 aromatic heterocycles. The normalized spacial score (nSPS) is 17.1. The lowest BCUT2D eigenvalue weighted by molar-refractivity contribution is -0.384. The molecule has 34 heavy (non-hydrogen) atoms. The molecule has 0 spiro atoms. The highest BCUT2D eigenvalue weighted by Crippen LogP contribution is 2.29. The topological polar surface area (TPSA) is 144 Å². The summed E-state index contributed by atoms with van der Waals surface area (Å²) in [7, 11) is 0. The number of piperazine rings is 1. The zero-order valence-corrected chi connectivity index (χ0v) is 18.6. The molecule has 0 atom stereocenters. The van der Waals surface area contributed by atoms with E-state index in [0.717, 1.165) is 12.0 Å². The van der Waals surface area contributed by atoms with Crippen molar-refractivity contribution in [3.63, 3.8) is 0 Å². The maximum Gasteiger partial charge on any atom is 0.407 e. The predicted octanol–water partition coefficient (Wildman–Crippen LogP) is 1.86. The van der Waals surface area contributed by atoms with Crippen LogP contribution in [0.5, 0.6) is 0 Å². The molecule has 0 aliphatic carbocycles. The number of pyridine rings is 1. The minimum absolute atomic E-state index is 0.105. The van der Waals surface area contributed by atoms with Crippen molar-refractivity contribution in [3.8, 4) is 0 Å². The average Bonchev–Trinajstić information content (AvgIpc) is 3.05. The third-order valence-corrected chi connectivity index (χ3v) is 5.91. The predicted molar refractivity (Wildman–Crippen MR) is 125 cm³/mol. The first-order valence-electron chi connectivity index (χ1n) is 11.1. The average molecular weight is 470 g/mol. The molecule has 4 rings (SSSR count). The molecule has 2 aliphatic rings. The van der Waals surface area contributed by atoms with Gasteiger partial charge in [0.05, 0.1) is 11.5 Å². The van der Waals surface area contributed by atoms with Gasteiger partial charge in [-0.3, -0.25) is 19.8 Å². The van der Waals surface area contributed by atoms with Crippen LogP contribution in [0.2, 0.25) is 0 Å². The summed E-state index contributed by atoms with van der Waals surface area (Å²) in [5.41, 5.74) is 1.56. The lowest BCUT2D eigenvalue weighted by Gasteiger charge is -2.33. The van der Waals surface area contributed by atoms with E-state index in [-0.39, 0.29) is 24.0 Å². The first-order chi connectivity index (χ1) is 16.4. The lowest BCUT2D eigenvalue weighted by Crippen LogP contribution is -2.47. The van der Waals surface area contributed by atoms with E-state index in [9.17, 15) is 19.7 Å². The second-order valence-electron chi connectivity index (χ2n) is 8.29. The number of aromatic nitrogens is 1. The van der Waals surface area contributed by atoms with E-state index < -0.39 is 11.0 Å². The molecular weight excluding hydrogens is 442 g/mol. The van der Waals surface area contributed by atoms with Crippen molar-refractivity contribution < 1.29 is 19.6 Å². The number of benzene rings is 1. The Kier molecular flexibility index (Phi) is 7.07. The molecule has 1 aromatic carbocycles. The summed E-state index contributed by atoms with van der Waals surface area (Å²) in [6.07, 6.45) is -0.124. The second kappa shape index (κ2) is 10.3. The van der Waals surface area contributed by atoms with Gasteiger partial charge in [0.25, 0.3) is 0 Å². The van der Waals surface area contributed by atoms with E-state index in [0.29, 0.717) is 57.3 Å². The summed E-state index contributed by atoms with van der Waals surface area (Å²) in [4.78, 5) is 43.9. The van der Waals surface area contributed by atoms with Crippen molar-refractivity contribution in [2.45, 2.75) is 13.0 Å². The van der Waals surface area contributed by atoms with Crippen molar-refractivity contribution in [1.82, 2.24) is 20.1 Å². The quantitative estimate of drug-likeness (QED) is 0.426. The zero-order chi connectivity index (χ0) is 24.1. The van der Waals surface area contributed by atoms with E-state index in [4.69, 9.17) is 5.11 Å². The van der Waals surface area contributed by atoms with Gasteiger partial charge >= 0.3 is 11.8 Å². The molecule has 2 fully saturated rings. The summed E-state index contributed by atoms with van der Waals surface area (Å²) in [5.74, 6) is 0.513. The van der Waals surface area contributed by atoms with Crippen molar-refractivity contribution >= 4 is 35.0 Å². The van der Waals surface area contributed by atoms with Gasteiger partial charge in [-0.25, -0.2) is 9.78 Å². The fourth-order valence-electron chi connectivity index (χ4n) is 4.04. The molecule has 3 N–H and O–H groups in total. The number of hydrogen-bond donors (Lipinski definition) is 3. The van der Waals surface area contributed by atoms with E-state index >= 15 is 0 Å². The molecule has 180 valence electrons. The van der Waals surface area contributed by atoms with Gasteiger partial charge in [-0.15, -0.1) is 0 Å². The van der Waals surface area contributed by atoms with Crippen LogP contribution in [0, 0.1) is 10.1 Å². The van der Waals surface area contributed by atoms with Gasteiger partial charge in [0.2, 0.25) is 11.7 Å². The van der Waals surface area contributed by atoms with Crippen molar-refractivity contribution in [1.29, 1.82) is 0 Å². The Morgan fingerprint density at radius 3 is 2.53 bits per heavy atom. The molecular formula is C22H27N7O5. The van der Waals surface area contributed by atoms with Crippen molar-refractivity contribution in [2.75, 3.05) is 56.0 Å². The molecule has 12 heteroatoms. The number of anilines is 3. The maximum absolute atomic E-state index is 11.9. The molecule has 0 bridgehead atoms. The number of amides is 2. The number of nitrogens with zero attached hydrogens (tertiary/aromatic N) is 5. The number of nitro groups is 1. The standard InChI is InChI=1S/C22H27N7O5/c30-20-15-28(9-1-8-23-20)19-7-6-18(29(33)34)21(25-19)24-17-4-2-16(3-5-17)14-26-10-12-27(13-11-26)22(31)32/h2-7H,1,8-15H2,(H,23,30)(H,24,25)(H,31,32). The first-order valence-corrected chi connectivity index (χ1v) is 11.1. The summed E-state index contributed by atoms with van der Waals surface area (Å²) >= 11 is 0. The number of carboxylic acid groups (broad SMARTS) is 1. The number of nitrogens with one attached hydrogen (secondary N) is 2. The van der Waals surface area contributed by atoms with E-state index in [1.807, 2.05) is 29.2 Å². The second-order valence-corrected chi connectivity index (χ2v) is 8.29. The Morgan fingerprint density at radius 1 is 1.12 bits per heavy atom. The number of rotatable bonds is 6. The molecule has 0 saturated carbocycles. The minimum Gasteiger partial charge on any atom is -0.465 e. The Hall–Kier alpha value is -3.93. The van der Waals surface area contributed by atoms with Gasteiger partial charge in [-0.1, -0.05) is 12.1 Å². The Morgan fingerprint density at radius 2 is 1.85 bits per heavy atom. The Balaban J connectivity index is 1.44. The zero-order valence-electron chi connectivity index (χ0n) is 18.6. The highest BCUT2D eigenvalue weighted by atomic mass is 16.6. The fraction of sp³-hybridized carbons (Fsp3) is 0.409. The first kappa shape index (κ1) is 23.2. The summed E-state index contributed by atoms with van der Waals surface area (Å²) in [6.45, 7) is 4.37. The van der Waals surface area contributed by atoms with Crippen LogP contribution in [0.25, 0.3) is 0 Å². The molecule has 2 aliphatic heterocycles. The molecule has 12 nitrogen and oxygen atoms in total. The van der Waals surface area contributed by atoms with Crippen LogP contribution in [0.1, 0.15) is 12.0 Å². The SMILES string of the molecule is O=C1CN(c2ccc([N+](=O)[O-])c(Nc3ccc(CN4CCN(C(=O)O)CC4)cc3)n2)CCCN1. The highest BCUT2D eigenvalue weighted by Gasteiger charge is 2.22. The van der Waals surface area contributed by atoms with Gasteiger partial charge in [0.1, 0.15) is 5.82 Å². The van der Waals surface area contributed by atoms with Crippen LogP contribution in [-0.4, -0.2) is 82.6 Å². The van der Waals surface area contributed by atoms with E-state index in [1.165, 1.54) is 11.0 Å². The smallest absolute Gasteiger partial charge is 0.407 e. The number of carbonyl (C=O) groups is 2. The fourth-order valence-corrected chi connectivity index (χ4v) is 4.04. The maximum atomic E-state index is 11.9. The Bertz CT molecular complexity index is 1050. The molecule has 3 heterocycles. The van der Waals surface area contributed by atoms with E-state index in [1.54, 1.807) is 6.07 Å². The van der Waals surface area contributed by atoms with Crippen LogP contribution in [0.4, 0.5) is 27.8 Å². The van der Waals surface area contributed by atoms with Crippen LogP contribution < -0.4 is 15.5 Å². The van der Waals surface area contributed by atoms with Crippen LogP contribution >= 0.6 is 0 Å². The lowest BCUT2D eigenvalue weighted by atomic mass is 10.1. The van der Waals surface area contributed by atoms with Crippen molar-refractivity contribution in [2.24, 2.45) is 0 Å².